The normalized spacial score (nSPS) is 12.3. The number of nitrogens with one attached hydrogen (secondary N) is 2. The van der Waals surface area contributed by atoms with Gasteiger partial charge in [-0.15, -0.1) is 0 Å². The molecule has 2 N–H and O–H groups in total. The Morgan fingerprint density at radius 1 is 1.03 bits per heavy atom. The Bertz CT molecular complexity index is 1020. The molecule has 0 spiro atoms. The lowest BCUT2D eigenvalue weighted by atomic mass is 10.1. The molecule has 0 bridgehead atoms. The van der Waals surface area contributed by atoms with Crippen LogP contribution in [0.3, 0.4) is 0 Å². The van der Waals surface area contributed by atoms with E-state index in [0.717, 1.165) is 11.1 Å². The molecular weight excluding hydrogens is 371 g/mol. The Hall–Kier alpha value is -3.67. The summed E-state index contributed by atoms with van der Waals surface area (Å²) in [6.45, 7) is 3.60. The molecule has 0 fully saturated rings. The van der Waals surface area contributed by atoms with Gasteiger partial charge in [0.15, 0.2) is 0 Å². The highest BCUT2D eigenvalue weighted by Gasteiger charge is 2.18. The summed E-state index contributed by atoms with van der Waals surface area (Å²) >= 11 is 0. The average Bonchev–Trinajstić information content (AvgIpc) is 3.21. The zero-order valence-corrected chi connectivity index (χ0v) is 16.1. The third kappa shape index (κ3) is 5.19. The first-order chi connectivity index (χ1) is 13.9. The third-order valence-electron chi connectivity index (χ3n) is 4.43. The van der Waals surface area contributed by atoms with Gasteiger partial charge in [0.1, 0.15) is 17.3 Å². The molecule has 1 heterocycles. The molecule has 0 radical (unpaired) electrons. The first-order valence-electron chi connectivity index (χ1n) is 9.12. The van der Waals surface area contributed by atoms with Crippen molar-refractivity contribution in [3.8, 4) is 0 Å². The second kappa shape index (κ2) is 9.01. The highest BCUT2D eigenvalue weighted by Crippen LogP contribution is 2.15. The number of furan rings is 1. The van der Waals surface area contributed by atoms with Crippen LogP contribution < -0.4 is 10.6 Å². The molecule has 2 amide bonds. The number of hydrogen-bond donors (Lipinski definition) is 2. The summed E-state index contributed by atoms with van der Waals surface area (Å²) in [6.07, 6.45) is 2.94. The number of benzene rings is 2. The molecule has 2 aromatic carbocycles. The van der Waals surface area contributed by atoms with Gasteiger partial charge in [-0.1, -0.05) is 30.3 Å². The van der Waals surface area contributed by atoms with Crippen LogP contribution >= 0.6 is 0 Å². The van der Waals surface area contributed by atoms with Crippen LogP contribution in [0.4, 0.5) is 4.39 Å². The van der Waals surface area contributed by atoms with Crippen molar-refractivity contribution in [2.45, 2.75) is 19.9 Å². The van der Waals surface area contributed by atoms with Crippen LogP contribution in [0.1, 0.15) is 40.2 Å². The first-order valence-corrected chi connectivity index (χ1v) is 9.12. The van der Waals surface area contributed by atoms with E-state index in [9.17, 15) is 14.0 Å². The minimum Gasteiger partial charge on any atom is -0.465 e. The van der Waals surface area contributed by atoms with E-state index >= 15 is 0 Å². The second-order valence-corrected chi connectivity index (χ2v) is 6.59. The van der Waals surface area contributed by atoms with E-state index in [2.05, 4.69) is 10.6 Å². The lowest BCUT2D eigenvalue weighted by Crippen LogP contribution is -2.36. The number of carbonyl (C=O) groups is 2. The predicted molar refractivity (Wildman–Crippen MR) is 108 cm³/mol. The van der Waals surface area contributed by atoms with E-state index in [4.69, 9.17) is 4.42 Å². The summed E-state index contributed by atoms with van der Waals surface area (Å²) in [6, 6.07) is 15.9. The molecule has 0 aliphatic heterocycles. The van der Waals surface area contributed by atoms with E-state index in [0.29, 0.717) is 11.3 Å². The fourth-order valence-electron chi connectivity index (χ4n) is 2.80. The zero-order chi connectivity index (χ0) is 20.8. The maximum Gasteiger partial charge on any atom is 0.268 e. The lowest BCUT2D eigenvalue weighted by molar-refractivity contribution is -0.118. The third-order valence-corrected chi connectivity index (χ3v) is 4.43. The molecule has 0 unspecified atom stereocenters. The summed E-state index contributed by atoms with van der Waals surface area (Å²) < 4.78 is 18.4. The first kappa shape index (κ1) is 20.1. The highest BCUT2D eigenvalue weighted by atomic mass is 19.1. The quantitative estimate of drug-likeness (QED) is 0.612. The number of rotatable bonds is 6. The van der Waals surface area contributed by atoms with Crippen LogP contribution in [0.5, 0.6) is 0 Å². The van der Waals surface area contributed by atoms with Gasteiger partial charge in [0, 0.05) is 11.6 Å². The minimum atomic E-state index is -0.486. The van der Waals surface area contributed by atoms with Gasteiger partial charge in [0.2, 0.25) is 0 Å². The number of carbonyl (C=O) groups excluding carboxylic acids is 2. The molecule has 3 aromatic rings. The molecule has 148 valence electrons. The molecule has 0 aliphatic carbocycles. The Labute approximate surface area is 168 Å². The van der Waals surface area contributed by atoms with Crippen molar-refractivity contribution in [1.29, 1.82) is 0 Å². The van der Waals surface area contributed by atoms with Crippen LogP contribution in [0, 0.1) is 12.7 Å². The second-order valence-electron chi connectivity index (χ2n) is 6.59. The summed E-state index contributed by atoms with van der Waals surface area (Å²) in [5.41, 5.74) is 2.05. The van der Waals surface area contributed by atoms with E-state index in [1.807, 2.05) is 19.1 Å². The topological polar surface area (TPSA) is 71.3 Å². The molecule has 0 saturated heterocycles. The maximum atomic E-state index is 13.1. The number of hydrogen-bond acceptors (Lipinski definition) is 3. The van der Waals surface area contributed by atoms with Gasteiger partial charge in [-0.3, -0.25) is 9.59 Å². The summed E-state index contributed by atoms with van der Waals surface area (Å²) in [4.78, 5) is 25.6. The number of aryl methyl sites for hydroxylation is 1. The van der Waals surface area contributed by atoms with Crippen molar-refractivity contribution >= 4 is 17.9 Å². The van der Waals surface area contributed by atoms with E-state index in [1.165, 1.54) is 24.5 Å². The number of amides is 2. The van der Waals surface area contributed by atoms with Crippen LogP contribution in [-0.2, 0) is 4.79 Å². The Morgan fingerprint density at radius 3 is 2.41 bits per heavy atom. The van der Waals surface area contributed by atoms with Crippen molar-refractivity contribution in [1.82, 2.24) is 10.6 Å². The molecule has 6 heteroatoms. The monoisotopic (exact) mass is 392 g/mol. The fourth-order valence-corrected chi connectivity index (χ4v) is 2.80. The van der Waals surface area contributed by atoms with E-state index < -0.39 is 17.9 Å². The summed E-state index contributed by atoms with van der Waals surface area (Å²) in [7, 11) is 0. The molecule has 1 aromatic heterocycles. The Morgan fingerprint density at radius 2 is 1.76 bits per heavy atom. The lowest BCUT2D eigenvalue weighted by Gasteiger charge is -2.17. The molecule has 29 heavy (non-hydrogen) atoms. The number of halogens is 1. The van der Waals surface area contributed by atoms with Crippen molar-refractivity contribution in [3.63, 3.8) is 0 Å². The van der Waals surface area contributed by atoms with Crippen molar-refractivity contribution in [3.05, 3.63) is 101 Å². The largest absolute Gasteiger partial charge is 0.465 e. The van der Waals surface area contributed by atoms with Gasteiger partial charge in [-0.05, 0) is 55.3 Å². The Kier molecular flexibility index (Phi) is 6.24. The van der Waals surface area contributed by atoms with Gasteiger partial charge in [0.05, 0.1) is 12.3 Å². The van der Waals surface area contributed by atoms with Gasteiger partial charge in [-0.2, -0.15) is 0 Å². The highest BCUT2D eigenvalue weighted by molar-refractivity contribution is 6.05. The molecule has 1 atom stereocenters. The van der Waals surface area contributed by atoms with Gasteiger partial charge in [0.25, 0.3) is 11.8 Å². The zero-order valence-electron chi connectivity index (χ0n) is 16.1. The van der Waals surface area contributed by atoms with E-state index in [-0.39, 0.29) is 11.5 Å². The minimum absolute atomic E-state index is 0.0437. The van der Waals surface area contributed by atoms with Crippen LogP contribution in [0.25, 0.3) is 6.08 Å². The van der Waals surface area contributed by atoms with Crippen LogP contribution in [0.15, 0.2) is 77.0 Å². The maximum absolute atomic E-state index is 13.1. The van der Waals surface area contributed by atoms with Crippen molar-refractivity contribution in [2.75, 3.05) is 0 Å². The van der Waals surface area contributed by atoms with Crippen molar-refractivity contribution < 1.29 is 18.4 Å². The molecule has 0 saturated carbocycles. The van der Waals surface area contributed by atoms with Crippen LogP contribution in [0.2, 0.25) is 0 Å². The Balaban J connectivity index is 1.81. The standard InChI is InChI=1S/C23H21FN2O3/c1-15-6-3-4-8-20(15)22(27)26-21(14-19-7-5-13-29-19)23(28)25-16(2)17-9-11-18(24)12-10-17/h3-14,16H,1-2H3,(H,25,28)(H,26,27)/b21-14-/t16-/m0/s1. The van der Waals surface area contributed by atoms with Crippen LogP contribution in [-0.4, -0.2) is 11.8 Å². The van der Waals surface area contributed by atoms with Gasteiger partial charge >= 0.3 is 0 Å². The fraction of sp³-hybridized carbons (Fsp3) is 0.130. The molecule has 3 rings (SSSR count). The van der Waals surface area contributed by atoms with Gasteiger partial charge in [-0.25, -0.2) is 4.39 Å². The molecular formula is C23H21FN2O3. The SMILES string of the molecule is Cc1ccccc1C(=O)N/C(=C\c1ccco1)C(=O)N[C@@H](C)c1ccc(F)cc1. The van der Waals surface area contributed by atoms with Gasteiger partial charge < -0.3 is 15.1 Å². The van der Waals surface area contributed by atoms with E-state index in [1.54, 1.807) is 43.3 Å². The smallest absolute Gasteiger partial charge is 0.268 e. The molecule has 5 nitrogen and oxygen atoms in total. The predicted octanol–water partition coefficient (Wildman–Crippen LogP) is 4.38. The summed E-state index contributed by atoms with van der Waals surface area (Å²) in [5.74, 6) is -0.809. The van der Waals surface area contributed by atoms with Crippen molar-refractivity contribution in [2.24, 2.45) is 0 Å². The molecule has 0 aliphatic rings. The average molecular weight is 392 g/mol. The summed E-state index contributed by atoms with van der Waals surface area (Å²) in [5, 5.41) is 5.48.